The maximum absolute atomic E-state index is 13.2. The molecule has 6 nitrogen and oxygen atoms in total. The van der Waals surface area contributed by atoms with Crippen LogP contribution in [0.4, 0.5) is 19.0 Å². The van der Waals surface area contributed by atoms with Gasteiger partial charge in [-0.05, 0) is 19.1 Å². The molecule has 0 saturated carbocycles. The number of carbonyl (C=O) groups excluding carboxylic acids is 1. The highest BCUT2D eigenvalue weighted by Gasteiger charge is 2.36. The molecule has 0 unspecified atom stereocenters. The molecule has 27 heavy (non-hydrogen) atoms. The van der Waals surface area contributed by atoms with Crippen molar-refractivity contribution in [2.75, 3.05) is 38.2 Å². The number of anilines is 1. The number of halogens is 3. The molecule has 0 atom stereocenters. The minimum absolute atomic E-state index is 0.302. The molecule has 3 rings (SSSR count). The molecule has 1 saturated heterocycles. The molecule has 1 aliphatic heterocycles. The summed E-state index contributed by atoms with van der Waals surface area (Å²) in [6.45, 7) is 3.27. The van der Waals surface area contributed by atoms with Crippen LogP contribution in [0.15, 0.2) is 30.3 Å². The molecule has 2 heterocycles. The summed E-state index contributed by atoms with van der Waals surface area (Å²) >= 11 is 0. The van der Waals surface area contributed by atoms with Gasteiger partial charge in [0, 0.05) is 32.2 Å². The Labute approximate surface area is 154 Å². The van der Waals surface area contributed by atoms with Gasteiger partial charge in [0.1, 0.15) is 11.6 Å². The molecule has 0 spiro atoms. The Balaban J connectivity index is 1.73. The van der Waals surface area contributed by atoms with E-state index in [4.69, 9.17) is 4.74 Å². The Morgan fingerprint density at radius 2 is 1.78 bits per heavy atom. The smallest absolute Gasteiger partial charge is 0.417 e. The first-order valence-corrected chi connectivity index (χ1v) is 8.39. The van der Waals surface area contributed by atoms with E-state index in [1.165, 1.54) is 30.2 Å². The quantitative estimate of drug-likeness (QED) is 0.820. The number of hydrogen-bond donors (Lipinski definition) is 0. The normalized spacial score (nSPS) is 15.0. The third kappa shape index (κ3) is 4.12. The predicted octanol–water partition coefficient (Wildman–Crippen LogP) is 2.77. The van der Waals surface area contributed by atoms with Crippen LogP contribution < -0.4 is 9.64 Å². The van der Waals surface area contributed by atoms with Crippen LogP contribution in [-0.2, 0) is 6.18 Å². The minimum atomic E-state index is -4.57. The van der Waals surface area contributed by atoms with Gasteiger partial charge in [0.2, 0.25) is 5.88 Å². The highest BCUT2D eigenvalue weighted by Crippen LogP contribution is 2.32. The molecule has 1 amide bonds. The van der Waals surface area contributed by atoms with Gasteiger partial charge in [0.25, 0.3) is 5.91 Å². The maximum Gasteiger partial charge on any atom is 0.417 e. The minimum Gasteiger partial charge on any atom is -0.481 e. The highest BCUT2D eigenvalue weighted by molar-refractivity contribution is 5.96. The van der Waals surface area contributed by atoms with Gasteiger partial charge in [-0.25, -0.2) is 4.98 Å². The zero-order valence-corrected chi connectivity index (χ0v) is 15.0. The van der Waals surface area contributed by atoms with E-state index >= 15 is 0 Å². The molecule has 1 aliphatic rings. The lowest BCUT2D eigenvalue weighted by atomic mass is 10.1. The first-order valence-electron chi connectivity index (χ1n) is 8.39. The SMILES string of the molecule is COc1cc(N2CCN(C(=O)c3ccccc3C(F)(F)F)CC2)nc(C)n1. The lowest BCUT2D eigenvalue weighted by Gasteiger charge is -2.35. The number of methoxy groups -OCH3 is 1. The monoisotopic (exact) mass is 380 g/mol. The first kappa shape index (κ1) is 18.9. The fraction of sp³-hybridized carbons (Fsp3) is 0.389. The average molecular weight is 380 g/mol. The van der Waals surface area contributed by atoms with E-state index in [-0.39, 0.29) is 5.56 Å². The third-order valence-corrected chi connectivity index (χ3v) is 4.36. The second-order valence-corrected chi connectivity index (χ2v) is 6.14. The number of aryl methyl sites for hydroxylation is 1. The van der Waals surface area contributed by atoms with Crippen LogP contribution in [0.1, 0.15) is 21.7 Å². The van der Waals surface area contributed by atoms with Crippen LogP contribution in [0.5, 0.6) is 5.88 Å². The van der Waals surface area contributed by atoms with Crippen molar-refractivity contribution >= 4 is 11.7 Å². The Morgan fingerprint density at radius 1 is 1.11 bits per heavy atom. The van der Waals surface area contributed by atoms with Crippen molar-refractivity contribution in [3.8, 4) is 5.88 Å². The number of hydrogen-bond acceptors (Lipinski definition) is 5. The summed E-state index contributed by atoms with van der Waals surface area (Å²) in [5, 5.41) is 0. The molecular formula is C18H19F3N4O2. The third-order valence-electron chi connectivity index (χ3n) is 4.36. The van der Waals surface area contributed by atoms with Gasteiger partial charge >= 0.3 is 6.18 Å². The average Bonchev–Trinajstić information content (AvgIpc) is 2.66. The summed E-state index contributed by atoms with van der Waals surface area (Å²) in [6, 6.07) is 6.57. The van der Waals surface area contributed by atoms with Crippen molar-refractivity contribution in [3.63, 3.8) is 0 Å². The standard InChI is InChI=1S/C18H19F3N4O2/c1-12-22-15(11-16(23-12)27-2)24-7-9-25(10-8-24)17(26)13-5-3-4-6-14(13)18(19,20)21/h3-6,11H,7-10H2,1-2H3. The van der Waals surface area contributed by atoms with E-state index in [0.717, 1.165) is 6.07 Å². The Kier molecular flexibility index (Phi) is 5.20. The zero-order valence-electron chi connectivity index (χ0n) is 15.0. The van der Waals surface area contributed by atoms with Crippen LogP contribution in [0.25, 0.3) is 0 Å². The molecule has 9 heteroatoms. The van der Waals surface area contributed by atoms with E-state index in [1.54, 1.807) is 13.0 Å². The van der Waals surface area contributed by atoms with E-state index in [9.17, 15) is 18.0 Å². The summed E-state index contributed by atoms with van der Waals surface area (Å²) in [6.07, 6.45) is -4.57. The van der Waals surface area contributed by atoms with Crippen LogP contribution in [-0.4, -0.2) is 54.1 Å². The number of rotatable bonds is 3. The predicted molar refractivity (Wildman–Crippen MR) is 92.9 cm³/mol. The van der Waals surface area contributed by atoms with Gasteiger partial charge < -0.3 is 14.5 Å². The van der Waals surface area contributed by atoms with Crippen molar-refractivity contribution in [2.24, 2.45) is 0 Å². The van der Waals surface area contributed by atoms with E-state index in [1.807, 2.05) is 4.90 Å². The number of nitrogens with zero attached hydrogens (tertiary/aromatic N) is 4. The zero-order chi connectivity index (χ0) is 19.6. The van der Waals surface area contributed by atoms with Crippen LogP contribution in [0.3, 0.4) is 0 Å². The first-order chi connectivity index (χ1) is 12.8. The number of ether oxygens (including phenoxy) is 1. The molecule has 1 aromatic heterocycles. The lowest BCUT2D eigenvalue weighted by molar-refractivity contribution is -0.138. The van der Waals surface area contributed by atoms with Gasteiger partial charge in [-0.1, -0.05) is 12.1 Å². The fourth-order valence-electron chi connectivity index (χ4n) is 3.02. The van der Waals surface area contributed by atoms with Gasteiger partial charge in [0.15, 0.2) is 0 Å². The maximum atomic E-state index is 13.2. The van der Waals surface area contributed by atoms with Crippen LogP contribution in [0.2, 0.25) is 0 Å². The highest BCUT2D eigenvalue weighted by atomic mass is 19.4. The fourth-order valence-corrected chi connectivity index (χ4v) is 3.02. The number of amides is 1. The van der Waals surface area contributed by atoms with Crippen molar-refractivity contribution in [1.29, 1.82) is 0 Å². The van der Waals surface area contributed by atoms with Gasteiger partial charge in [0.05, 0.1) is 18.2 Å². The second kappa shape index (κ2) is 7.42. The summed E-state index contributed by atoms with van der Waals surface area (Å²) in [5.41, 5.74) is -1.23. The largest absolute Gasteiger partial charge is 0.481 e. The molecule has 1 fully saturated rings. The number of carbonyl (C=O) groups is 1. The van der Waals surface area contributed by atoms with E-state index in [2.05, 4.69) is 9.97 Å². The summed E-state index contributed by atoms with van der Waals surface area (Å²) in [4.78, 5) is 24.5. The van der Waals surface area contributed by atoms with Gasteiger partial charge in [-0.3, -0.25) is 4.79 Å². The molecule has 144 valence electrons. The summed E-state index contributed by atoms with van der Waals surface area (Å²) in [5.74, 6) is 1.05. The molecule has 1 aromatic carbocycles. The molecule has 0 bridgehead atoms. The Hall–Kier alpha value is -2.84. The van der Waals surface area contributed by atoms with Crippen LogP contribution in [0, 0.1) is 6.92 Å². The Morgan fingerprint density at radius 3 is 2.41 bits per heavy atom. The summed E-state index contributed by atoms with van der Waals surface area (Å²) < 4.78 is 44.6. The molecular weight excluding hydrogens is 361 g/mol. The topological polar surface area (TPSA) is 58.6 Å². The number of aromatic nitrogens is 2. The van der Waals surface area contributed by atoms with Crippen LogP contribution >= 0.6 is 0 Å². The second-order valence-electron chi connectivity index (χ2n) is 6.14. The number of benzene rings is 1. The van der Waals surface area contributed by atoms with Crippen molar-refractivity contribution < 1.29 is 22.7 Å². The van der Waals surface area contributed by atoms with Crippen molar-refractivity contribution in [3.05, 3.63) is 47.3 Å². The molecule has 0 aliphatic carbocycles. The number of piperazine rings is 1. The molecule has 0 radical (unpaired) electrons. The molecule has 2 aromatic rings. The van der Waals surface area contributed by atoms with Gasteiger partial charge in [-0.2, -0.15) is 18.2 Å². The summed E-state index contributed by atoms with van der Waals surface area (Å²) in [7, 11) is 1.51. The van der Waals surface area contributed by atoms with Crippen molar-refractivity contribution in [1.82, 2.24) is 14.9 Å². The van der Waals surface area contributed by atoms with E-state index in [0.29, 0.717) is 43.7 Å². The lowest BCUT2D eigenvalue weighted by Crippen LogP contribution is -2.49. The van der Waals surface area contributed by atoms with Crippen molar-refractivity contribution in [2.45, 2.75) is 13.1 Å². The van der Waals surface area contributed by atoms with Gasteiger partial charge in [-0.15, -0.1) is 0 Å². The Bertz CT molecular complexity index is 834. The van der Waals surface area contributed by atoms with E-state index < -0.39 is 17.6 Å². The molecule has 0 N–H and O–H groups in total. The number of alkyl halides is 3.